The zero-order valence-corrected chi connectivity index (χ0v) is 17.1. The summed E-state index contributed by atoms with van der Waals surface area (Å²) in [6.45, 7) is 12.9. The van der Waals surface area contributed by atoms with Crippen molar-refractivity contribution in [2.24, 2.45) is 17.8 Å². The molecule has 0 aliphatic heterocycles. The lowest BCUT2D eigenvalue weighted by molar-refractivity contribution is -0.0504. The standard InChI is InChI=1S/C12H16.C9H16F2.C2H6/c1-10(2)12(8-9-12)11-6-4-3-5-7-11;1-7(2)8-3-5-9(10,11)6-4-8;1-2/h3-7,10H,8-9H2,1-2H3;7-8H,3-6H2,1-2H3;1-2H3. The van der Waals surface area contributed by atoms with Crippen LogP contribution >= 0.6 is 0 Å². The van der Waals surface area contributed by atoms with Crippen molar-refractivity contribution in [3.63, 3.8) is 0 Å². The van der Waals surface area contributed by atoms with Gasteiger partial charge in [0.1, 0.15) is 0 Å². The fourth-order valence-corrected chi connectivity index (χ4v) is 3.83. The number of hydrogen-bond acceptors (Lipinski definition) is 0. The maximum absolute atomic E-state index is 12.6. The highest BCUT2D eigenvalue weighted by Gasteiger charge is 2.46. The Kier molecular flexibility index (Phi) is 8.57. The highest BCUT2D eigenvalue weighted by atomic mass is 19.3. The van der Waals surface area contributed by atoms with Crippen LogP contribution in [0.2, 0.25) is 0 Å². The molecule has 0 spiro atoms. The summed E-state index contributed by atoms with van der Waals surface area (Å²) in [4.78, 5) is 0. The van der Waals surface area contributed by atoms with E-state index in [4.69, 9.17) is 0 Å². The Bertz CT molecular complexity index is 462. The average Bonchev–Trinajstić information content (AvgIpc) is 3.40. The molecule has 144 valence electrons. The number of rotatable bonds is 3. The van der Waals surface area contributed by atoms with E-state index >= 15 is 0 Å². The third-order valence-corrected chi connectivity index (χ3v) is 5.95. The average molecular weight is 353 g/mol. The summed E-state index contributed by atoms with van der Waals surface area (Å²) in [5.74, 6) is -0.452. The third-order valence-electron chi connectivity index (χ3n) is 5.95. The normalized spacial score (nSPS) is 21.0. The molecule has 0 saturated heterocycles. The molecule has 1 aromatic rings. The molecule has 0 aromatic heterocycles. The lowest BCUT2D eigenvalue weighted by Gasteiger charge is -2.30. The number of halogens is 2. The second kappa shape index (κ2) is 9.69. The second-order valence-corrected chi connectivity index (χ2v) is 8.11. The summed E-state index contributed by atoms with van der Waals surface area (Å²) in [6.07, 6.45) is 4.41. The van der Waals surface area contributed by atoms with Gasteiger partial charge in [-0.25, -0.2) is 8.78 Å². The van der Waals surface area contributed by atoms with Crippen LogP contribution in [-0.2, 0) is 5.41 Å². The van der Waals surface area contributed by atoms with Crippen molar-refractivity contribution in [2.75, 3.05) is 0 Å². The van der Waals surface area contributed by atoms with Crippen molar-refractivity contribution in [1.82, 2.24) is 0 Å². The summed E-state index contributed by atoms with van der Waals surface area (Å²) in [6, 6.07) is 10.9. The minimum atomic E-state index is -2.36. The Morgan fingerprint density at radius 1 is 0.840 bits per heavy atom. The number of benzene rings is 1. The van der Waals surface area contributed by atoms with Crippen molar-refractivity contribution in [1.29, 1.82) is 0 Å². The zero-order chi connectivity index (χ0) is 19.1. The first-order valence-corrected chi connectivity index (χ1v) is 10.2. The van der Waals surface area contributed by atoms with E-state index in [1.807, 2.05) is 13.8 Å². The van der Waals surface area contributed by atoms with Crippen LogP contribution in [0.1, 0.15) is 85.6 Å². The van der Waals surface area contributed by atoms with Crippen LogP contribution in [0.4, 0.5) is 8.78 Å². The molecule has 0 radical (unpaired) electrons. The Morgan fingerprint density at radius 3 is 1.68 bits per heavy atom. The zero-order valence-electron chi connectivity index (χ0n) is 17.1. The highest BCUT2D eigenvalue weighted by Crippen LogP contribution is 2.53. The lowest BCUT2D eigenvalue weighted by Crippen LogP contribution is -2.26. The second-order valence-electron chi connectivity index (χ2n) is 8.11. The topological polar surface area (TPSA) is 0 Å². The van der Waals surface area contributed by atoms with E-state index < -0.39 is 5.92 Å². The minimum absolute atomic E-state index is 0.107. The van der Waals surface area contributed by atoms with Crippen LogP contribution in [-0.4, -0.2) is 5.92 Å². The Morgan fingerprint density at radius 2 is 1.32 bits per heavy atom. The Hall–Kier alpha value is -0.920. The Labute approximate surface area is 154 Å². The van der Waals surface area contributed by atoms with Gasteiger partial charge in [0.05, 0.1) is 0 Å². The molecule has 1 aromatic carbocycles. The van der Waals surface area contributed by atoms with Gasteiger partial charge in [0.25, 0.3) is 0 Å². The van der Waals surface area contributed by atoms with Crippen molar-refractivity contribution >= 4 is 0 Å². The summed E-state index contributed by atoms with van der Waals surface area (Å²) >= 11 is 0. The quantitative estimate of drug-likeness (QED) is 0.519. The van der Waals surface area contributed by atoms with E-state index in [-0.39, 0.29) is 12.8 Å². The SMILES string of the molecule is CC.CC(C)C1(c2ccccc2)CC1.CC(C)C1CCC(F)(F)CC1. The molecule has 2 saturated carbocycles. The van der Waals surface area contributed by atoms with Crippen molar-refractivity contribution in [2.45, 2.75) is 91.4 Å². The first-order chi connectivity index (χ1) is 11.8. The summed E-state index contributed by atoms with van der Waals surface area (Å²) in [5, 5.41) is 0. The molecule has 25 heavy (non-hydrogen) atoms. The van der Waals surface area contributed by atoms with Gasteiger partial charge in [0.2, 0.25) is 5.92 Å². The van der Waals surface area contributed by atoms with Crippen molar-refractivity contribution in [3.8, 4) is 0 Å². The number of hydrogen-bond donors (Lipinski definition) is 0. The number of alkyl halides is 2. The van der Waals surface area contributed by atoms with Gasteiger partial charge in [-0.1, -0.05) is 71.9 Å². The molecule has 2 fully saturated rings. The molecule has 0 N–H and O–H groups in total. The minimum Gasteiger partial charge on any atom is -0.207 e. The van der Waals surface area contributed by atoms with Crippen LogP contribution in [0.5, 0.6) is 0 Å². The molecule has 0 nitrogen and oxygen atoms in total. The van der Waals surface area contributed by atoms with Gasteiger partial charge in [-0.3, -0.25) is 0 Å². The molecule has 2 heteroatoms. The molecule has 0 amide bonds. The molecular formula is C23H38F2. The van der Waals surface area contributed by atoms with Crippen LogP contribution in [0.3, 0.4) is 0 Å². The van der Waals surface area contributed by atoms with Gasteiger partial charge < -0.3 is 0 Å². The van der Waals surface area contributed by atoms with E-state index in [0.717, 1.165) is 5.92 Å². The van der Waals surface area contributed by atoms with E-state index in [9.17, 15) is 8.78 Å². The van der Waals surface area contributed by atoms with Gasteiger partial charge in [-0.2, -0.15) is 0 Å². The van der Waals surface area contributed by atoms with Gasteiger partial charge in [-0.05, 0) is 54.4 Å². The van der Waals surface area contributed by atoms with Crippen LogP contribution < -0.4 is 0 Å². The van der Waals surface area contributed by atoms with Crippen molar-refractivity contribution in [3.05, 3.63) is 35.9 Å². The fourth-order valence-electron chi connectivity index (χ4n) is 3.83. The first kappa shape index (κ1) is 22.1. The van der Waals surface area contributed by atoms with E-state index in [2.05, 4.69) is 58.0 Å². The molecule has 2 aliphatic rings. The van der Waals surface area contributed by atoms with Gasteiger partial charge in [-0.15, -0.1) is 0 Å². The predicted octanol–water partition coefficient (Wildman–Crippen LogP) is 7.87. The summed E-state index contributed by atoms with van der Waals surface area (Å²) < 4.78 is 25.3. The molecule has 0 unspecified atom stereocenters. The maximum atomic E-state index is 12.6. The summed E-state index contributed by atoms with van der Waals surface area (Å²) in [7, 11) is 0. The molecule has 0 heterocycles. The molecule has 3 rings (SSSR count). The third kappa shape index (κ3) is 6.38. The maximum Gasteiger partial charge on any atom is 0.248 e. The smallest absolute Gasteiger partial charge is 0.207 e. The van der Waals surface area contributed by atoms with E-state index in [1.165, 1.54) is 12.8 Å². The van der Waals surface area contributed by atoms with Crippen molar-refractivity contribution < 1.29 is 8.78 Å². The van der Waals surface area contributed by atoms with E-state index in [1.54, 1.807) is 5.56 Å². The molecule has 2 aliphatic carbocycles. The lowest BCUT2D eigenvalue weighted by atomic mass is 9.80. The Balaban J connectivity index is 0.000000229. The molecule has 0 atom stereocenters. The van der Waals surface area contributed by atoms with Crippen LogP contribution in [0, 0.1) is 17.8 Å². The van der Waals surface area contributed by atoms with Gasteiger partial charge in [0, 0.05) is 12.8 Å². The van der Waals surface area contributed by atoms with Gasteiger partial charge >= 0.3 is 0 Å². The largest absolute Gasteiger partial charge is 0.248 e. The van der Waals surface area contributed by atoms with Crippen LogP contribution in [0.25, 0.3) is 0 Å². The first-order valence-electron chi connectivity index (χ1n) is 10.2. The predicted molar refractivity (Wildman–Crippen MR) is 105 cm³/mol. The monoisotopic (exact) mass is 352 g/mol. The van der Waals surface area contributed by atoms with E-state index in [0.29, 0.717) is 30.1 Å². The van der Waals surface area contributed by atoms with Crippen LogP contribution in [0.15, 0.2) is 30.3 Å². The molecule has 0 bridgehead atoms. The van der Waals surface area contributed by atoms with Gasteiger partial charge in [0.15, 0.2) is 0 Å². The summed E-state index contributed by atoms with van der Waals surface area (Å²) in [5.41, 5.74) is 2.08. The fraction of sp³-hybridized carbons (Fsp3) is 0.739. The highest BCUT2D eigenvalue weighted by molar-refractivity contribution is 5.31. The molecular weight excluding hydrogens is 314 g/mol.